The van der Waals surface area contributed by atoms with E-state index in [-0.39, 0.29) is 12.0 Å². The third kappa shape index (κ3) is 3.58. The van der Waals surface area contributed by atoms with Crippen molar-refractivity contribution in [3.8, 4) is 0 Å². The average Bonchev–Trinajstić information content (AvgIpc) is 2.43. The van der Waals surface area contributed by atoms with E-state index in [2.05, 4.69) is 10.3 Å². The molecule has 0 fully saturated rings. The minimum atomic E-state index is -0.744. The third-order valence-corrected chi connectivity index (χ3v) is 2.69. The lowest BCUT2D eigenvalue weighted by atomic mass is 10.1. The van der Waals surface area contributed by atoms with Gasteiger partial charge in [0, 0.05) is 18.8 Å². The van der Waals surface area contributed by atoms with Gasteiger partial charge >= 0.3 is 0 Å². The van der Waals surface area contributed by atoms with Crippen LogP contribution in [0.3, 0.4) is 0 Å². The molecule has 1 aromatic carbocycles. The van der Waals surface area contributed by atoms with Crippen LogP contribution in [0.5, 0.6) is 0 Å². The maximum Gasteiger partial charge on any atom is 0.230 e. The summed E-state index contributed by atoms with van der Waals surface area (Å²) in [6.45, 7) is 0.363. The summed E-state index contributed by atoms with van der Waals surface area (Å²) in [4.78, 5) is 15.7. The highest BCUT2D eigenvalue weighted by atomic mass is 19.1. The first-order valence-corrected chi connectivity index (χ1v) is 5.97. The molecule has 1 heterocycles. The molecule has 2 rings (SSSR count). The van der Waals surface area contributed by atoms with E-state index in [1.54, 1.807) is 18.3 Å². The summed E-state index contributed by atoms with van der Waals surface area (Å²) >= 11 is 0. The van der Waals surface area contributed by atoms with Crippen LogP contribution in [-0.2, 0) is 17.8 Å². The molecule has 0 atom stereocenters. The molecule has 0 unspecified atom stereocenters. The zero-order valence-electron chi connectivity index (χ0n) is 10.6. The fourth-order valence-electron chi connectivity index (χ4n) is 1.64. The van der Waals surface area contributed by atoms with Crippen LogP contribution < -0.4 is 11.1 Å². The molecular weight excluding hydrogens is 264 g/mol. The van der Waals surface area contributed by atoms with E-state index < -0.39 is 17.5 Å². The third-order valence-electron chi connectivity index (χ3n) is 2.69. The van der Waals surface area contributed by atoms with Gasteiger partial charge in [-0.2, -0.15) is 0 Å². The standard InChI is InChI=1S/C14H13F2N3O/c15-11-3-2-10(12(16)6-11)5-14(20)19-13-4-1-9(7-17)8-18-13/h1-4,6,8H,5,7,17H2,(H,18,19,20). The van der Waals surface area contributed by atoms with Crippen LogP contribution in [0.2, 0.25) is 0 Å². The van der Waals surface area contributed by atoms with Gasteiger partial charge in [0.2, 0.25) is 5.91 Å². The van der Waals surface area contributed by atoms with Gasteiger partial charge in [-0.15, -0.1) is 0 Å². The molecule has 0 saturated carbocycles. The van der Waals surface area contributed by atoms with Crippen LogP contribution in [0.15, 0.2) is 36.5 Å². The van der Waals surface area contributed by atoms with Crippen molar-refractivity contribution in [1.82, 2.24) is 4.98 Å². The Morgan fingerprint density at radius 1 is 1.25 bits per heavy atom. The van der Waals surface area contributed by atoms with Crippen molar-refractivity contribution in [2.24, 2.45) is 5.73 Å². The molecule has 0 aliphatic rings. The molecule has 0 saturated heterocycles. The molecule has 20 heavy (non-hydrogen) atoms. The quantitative estimate of drug-likeness (QED) is 0.898. The fourth-order valence-corrected chi connectivity index (χ4v) is 1.64. The smallest absolute Gasteiger partial charge is 0.230 e. The Labute approximate surface area is 114 Å². The van der Waals surface area contributed by atoms with Crippen LogP contribution in [0.25, 0.3) is 0 Å². The van der Waals surface area contributed by atoms with E-state index in [0.29, 0.717) is 12.4 Å². The summed E-state index contributed by atoms with van der Waals surface area (Å²) in [5, 5.41) is 2.53. The van der Waals surface area contributed by atoms with Gasteiger partial charge in [-0.05, 0) is 23.3 Å². The molecule has 0 spiro atoms. The van der Waals surface area contributed by atoms with E-state index in [0.717, 1.165) is 17.7 Å². The molecule has 0 radical (unpaired) electrons. The summed E-state index contributed by atoms with van der Waals surface area (Å²) in [7, 11) is 0. The van der Waals surface area contributed by atoms with Gasteiger partial charge in [-0.1, -0.05) is 12.1 Å². The van der Waals surface area contributed by atoms with Crippen LogP contribution in [0.1, 0.15) is 11.1 Å². The highest BCUT2D eigenvalue weighted by Crippen LogP contribution is 2.11. The maximum atomic E-state index is 13.4. The number of carbonyl (C=O) groups excluding carboxylic acids is 1. The minimum absolute atomic E-state index is 0.127. The maximum absolute atomic E-state index is 13.4. The van der Waals surface area contributed by atoms with Gasteiger partial charge in [0.1, 0.15) is 17.5 Å². The predicted octanol–water partition coefficient (Wildman–Crippen LogP) is 2.00. The van der Waals surface area contributed by atoms with Crippen molar-refractivity contribution >= 4 is 11.7 Å². The Bertz CT molecular complexity index is 614. The number of benzene rings is 1. The molecule has 104 valence electrons. The zero-order valence-corrected chi connectivity index (χ0v) is 10.6. The molecule has 2 aromatic rings. The van der Waals surface area contributed by atoms with Crippen molar-refractivity contribution in [2.75, 3.05) is 5.32 Å². The highest BCUT2D eigenvalue weighted by Gasteiger charge is 2.09. The number of nitrogens with two attached hydrogens (primary N) is 1. The van der Waals surface area contributed by atoms with Crippen molar-refractivity contribution in [3.63, 3.8) is 0 Å². The summed E-state index contributed by atoms with van der Waals surface area (Å²) < 4.78 is 26.1. The van der Waals surface area contributed by atoms with Gasteiger partial charge in [-0.3, -0.25) is 4.79 Å². The average molecular weight is 277 g/mol. The van der Waals surface area contributed by atoms with Gasteiger partial charge in [0.05, 0.1) is 6.42 Å². The number of pyridine rings is 1. The highest BCUT2D eigenvalue weighted by molar-refractivity contribution is 5.91. The lowest BCUT2D eigenvalue weighted by Crippen LogP contribution is -2.16. The first kappa shape index (κ1) is 14.1. The molecule has 1 amide bonds. The second-order valence-electron chi connectivity index (χ2n) is 4.22. The zero-order chi connectivity index (χ0) is 14.5. The second-order valence-corrected chi connectivity index (χ2v) is 4.22. The first-order chi connectivity index (χ1) is 9.58. The lowest BCUT2D eigenvalue weighted by Gasteiger charge is -2.06. The van der Waals surface area contributed by atoms with Crippen LogP contribution >= 0.6 is 0 Å². The molecule has 1 aromatic heterocycles. The number of halogens is 2. The Morgan fingerprint density at radius 3 is 2.65 bits per heavy atom. The normalized spacial score (nSPS) is 10.3. The van der Waals surface area contributed by atoms with E-state index in [9.17, 15) is 13.6 Å². The summed E-state index contributed by atoms with van der Waals surface area (Å²) in [6.07, 6.45) is 1.36. The number of carbonyl (C=O) groups is 1. The van der Waals surface area contributed by atoms with Crippen molar-refractivity contribution < 1.29 is 13.6 Å². The van der Waals surface area contributed by atoms with Crippen LogP contribution in [-0.4, -0.2) is 10.9 Å². The van der Waals surface area contributed by atoms with Gasteiger partial charge in [0.15, 0.2) is 0 Å². The Morgan fingerprint density at radius 2 is 2.05 bits per heavy atom. The van der Waals surface area contributed by atoms with Crippen molar-refractivity contribution in [2.45, 2.75) is 13.0 Å². The van der Waals surface area contributed by atoms with E-state index in [4.69, 9.17) is 5.73 Å². The van der Waals surface area contributed by atoms with Crippen LogP contribution in [0, 0.1) is 11.6 Å². The largest absolute Gasteiger partial charge is 0.326 e. The monoisotopic (exact) mass is 277 g/mol. The Balaban J connectivity index is 2.01. The van der Waals surface area contributed by atoms with E-state index in [1.807, 2.05) is 0 Å². The number of hydrogen-bond donors (Lipinski definition) is 2. The number of hydrogen-bond acceptors (Lipinski definition) is 3. The Hall–Kier alpha value is -2.34. The number of nitrogens with zero attached hydrogens (tertiary/aromatic N) is 1. The number of rotatable bonds is 4. The Kier molecular flexibility index (Phi) is 4.37. The fraction of sp³-hybridized carbons (Fsp3) is 0.143. The molecule has 6 heteroatoms. The predicted molar refractivity (Wildman–Crippen MR) is 70.8 cm³/mol. The second kappa shape index (κ2) is 6.21. The topological polar surface area (TPSA) is 68.0 Å². The molecule has 0 aliphatic carbocycles. The van der Waals surface area contributed by atoms with Gasteiger partial charge in [0.25, 0.3) is 0 Å². The number of aromatic nitrogens is 1. The number of amides is 1. The summed E-state index contributed by atoms with van der Waals surface area (Å²) in [5.74, 6) is -1.49. The first-order valence-electron chi connectivity index (χ1n) is 5.97. The van der Waals surface area contributed by atoms with Gasteiger partial charge in [-0.25, -0.2) is 13.8 Å². The van der Waals surface area contributed by atoms with Crippen LogP contribution in [0.4, 0.5) is 14.6 Å². The number of nitrogens with one attached hydrogen (secondary N) is 1. The number of anilines is 1. The van der Waals surface area contributed by atoms with Crippen molar-refractivity contribution in [3.05, 3.63) is 59.3 Å². The van der Waals surface area contributed by atoms with Gasteiger partial charge < -0.3 is 11.1 Å². The molecule has 3 N–H and O–H groups in total. The van der Waals surface area contributed by atoms with Crippen molar-refractivity contribution in [1.29, 1.82) is 0 Å². The summed E-state index contributed by atoms with van der Waals surface area (Å²) in [6, 6.07) is 6.45. The SMILES string of the molecule is NCc1ccc(NC(=O)Cc2ccc(F)cc2F)nc1. The van der Waals surface area contributed by atoms with E-state index >= 15 is 0 Å². The molecule has 0 aliphatic heterocycles. The lowest BCUT2D eigenvalue weighted by molar-refractivity contribution is -0.115. The minimum Gasteiger partial charge on any atom is -0.326 e. The summed E-state index contributed by atoms with van der Waals surface area (Å²) in [5.41, 5.74) is 6.40. The van der Waals surface area contributed by atoms with E-state index in [1.165, 1.54) is 6.07 Å². The molecule has 4 nitrogen and oxygen atoms in total. The molecule has 0 bridgehead atoms. The molecular formula is C14H13F2N3O.